The van der Waals surface area contributed by atoms with E-state index in [1.807, 2.05) is 12.1 Å². The van der Waals surface area contributed by atoms with Crippen LogP contribution in [0.25, 0.3) is 43.8 Å². The molecule has 0 aromatic heterocycles. The number of hydrogen-bond donors (Lipinski definition) is 0. The largest absolute Gasteiger partial charge is 0.491 e. The zero-order valence-corrected chi connectivity index (χ0v) is 36.6. The number of rotatable bonds is 0. The molecule has 0 amide bonds. The van der Waals surface area contributed by atoms with Crippen LogP contribution >= 0.6 is 0 Å². The molecule has 1 heterocycles. The molecule has 0 spiro atoms. The lowest BCUT2D eigenvalue weighted by Gasteiger charge is -2.20. The molecule has 6 aromatic rings. The molecule has 0 atom stereocenters. The summed E-state index contributed by atoms with van der Waals surface area (Å²) in [5, 5.41) is 4.39. The molecule has 0 fully saturated rings. The van der Waals surface area contributed by atoms with Crippen molar-refractivity contribution in [1.29, 1.82) is 0 Å². The van der Waals surface area contributed by atoms with E-state index in [0.29, 0.717) is 106 Å². The van der Waals surface area contributed by atoms with Crippen molar-refractivity contribution >= 4 is 32.7 Å². The monoisotopic (exact) mass is 866 g/mol. The Morgan fingerprint density at radius 1 is 0.297 bits per heavy atom. The Morgan fingerprint density at radius 2 is 0.656 bits per heavy atom. The highest BCUT2D eigenvalue weighted by atomic mass is 16.6. The van der Waals surface area contributed by atoms with Crippen molar-refractivity contribution < 1.29 is 47.4 Å². The maximum Gasteiger partial charge on any atom is 0.128 e. The van der Waals surface area contributed by atoms with Gasteiger partial charge < -0.3 is 47.4 Å². The maximum atomic E-state index is 6.49. The van der Waals surface area contributed by atoms with E-state index in [4.69, 9.17) is 47.4 Å². The van der Waals surface area contributed by atoms with Crippen molar-refractivity contribution in [1.82, 2.24) is 0 Å². The summed E-state index contributed by atoms with van der Waals surface area (Å²) in [6.07, 6.45) is 4.17. The first kappa shape index (κ1) is 43.8. The quantitative estimate of drug-likeness (QED) is 0.147. The molecule has 2 aliphatic carbocycles. The predicted molar refractivity (Wildman–Crippen MR) is 250 cm³/mol. The fourth-order valence-electron chi connectivity index (χ4n) is 8.91. The highest BCUT2D eigenvalue weighted by molar-refractivity contribution is 6.09. The van der Waals surface area contributed by atoms with Gasteiger partial charge in [-0.05, 0) is 117 Å². The van der Waals surface area contributed by atoms with Crippen LogP contribution in [0.3, 0.4) is 0 Å². The van der Waals surface area contributed by atoms with E-state index in [1.165, 1.54) is 33.4 Å². The van der Waals surface area contributed by atoms with Gasteiger partial charge in [-0.2, -0.15) is 0 Å². The first-order chi connectivity index (χ1) is 31.8. The normalized spacial score (nSPS) is 19.2. The van der Waals surface area contributed by atoms with E-state index in [2.05, 4.69) is 97.1 Å². The molecule has 4 bridgehead atoms. The van der Waals surface area contributed by atoms with Crippen LogP contribution in [0.4, 0.5) is 0 Å². The van der Waals surface area contributed by atoms with Gasteiger partial charge in [0.1, 0.15) is 49.4 Å². The average molecular weight is 867 g/mol. The van der Waals surface area contributed by atoms with Gasteiger partial charge in [-0.25, -0.2) is 0 Å². The topological polar surface area (TPSA) is 92.3 Å². The van der Waals surface area contributed by atoms with Gasteiger partial charge in [0.25, 0.3) is 0 Å². The van der Waals surface area contributed by atoms with Gasteiger partial charge >= 0.3 is 0 Å². The zero-order chi connectivity index (χ0) is 43.2. The van der Waals surface area contributed by atoms with Crippen LogP contribution in [-0.2, 0) is 41.3 Å². The highest BCUT2D eigenvalue weighted by Gasteiger charge is 2.26. The third-order valence-electron chi connectivity index (χ3n) is 11.9. The Morgan fingerprint density at radius 3 is 1.06 bits per heavy atom. The molecule has 0 unspecified atom stereocenters. The summed E-state index contributed by atoms with van der Waals surface area (Å²) in [5.74, 6) is 3.26. The third kappa shape index (κ3) is 10.9. The van der Waals surface area contributed by atoms with E-state index < -0.39 is 0 Å². The van der Waals surface area contributed by atoms with Gasteiger partial charge in [0.15, 0.2) is 0 Å². The number of allylic oxidation sites excluding steroid dienone is 2. The van der Waals surface area contributed by atoms with Crippen LogP contribution in [0.2, 0.25) is 0 Å². The smallest absolute Gasteiger partial charge is 0.128 e. The molecular formula is C54H58O10. The molecule has 0 saturated carbocycles. The second-order valence-corrected chi connectivity index (χ2v) is 16.0. The Kier molecular flexibility index (Phi) is 15.3. The molecule has 6 aromatic carbocycles. The van der Waals surface area contributed by atoms with Crippen molar-refractivity contribution in [3.63, 3.8) is 0 Å². The Labute approximate surface area is 375 Å². The zero-order valence-electron chi connectivity index (χ0n) is 36.6. The molecule has 10 heteroatoms. The lowest BCUT2D eigenvalue weighted by Crippen LogP contribution is -2.14. The van der Waals surface area contributed by atoms with Crippen LogP contribution < -0.4 is 18.9 Å². The minimum absolute atomic E-state index is 0.379. The lowest BCUT2D eigenvalue weighted by molar-refractivity contribution is 0.00494. The fourth-order valence-corrected chi connectivity index (χ4v) is 8.91. The second-order valence-electron chi connectivity index (χ2n) is 16.0. The van der Waals surface area contributed by atoms with Gasteiger partial charge in [0.05, 0.1) is 79.3 Å². The van der Waals surface area contributed by atoms with Crippen LogP contribution in [-0.4, -0.2) is 106 Å². The van der Waals surface area contributed by atoms with Gasteiger partial charge in [0.2, 0.25) is 0 Å². The minimum atomic E-state index is 0.379. The molecule has 64 heavy (non-hydrogen) atoms. The van der Waals surface area contributed by atoms with Crippen LogP contribution in [0, 0.1) is 0 Å². The van der Waals surface area contributed by atoms with Gasteiger partial charge in [0, 0.05) is 11.1 Å². The number of ether oxygens (including phenoxy) is 10. The lowest BCUT2D eigenvalue weighted by atomic mass is 9.92. The first-order valence-electron chi connectivity index (χ1n) is 22.8. The van der Waals surface area contributed by atoms with E-state index >= 15 is 0 Å². The number of fused-ring (bicyclic) bond motifs is 9. The van der Waals surface area contributed by atoms with Crippen LogP contribution in [0.5, 0.6) is 23.0 Å². The van der Waals surface area contributed by atoms with Crippen LogP contribution in [0.15, 0.2) is 109 Å². The summed E-state index contributed by atoms with van der Waals surface area (Å²) in [4.78, 5) is 0. The Bertz CT molecular complexity index is 2340. The summed E-state index contributed by atoms with van der Waals surface area (Å²) < 4.78 is 60.4. The average Bonchev–Trinajstić information content (AvgIpc) is 3.95. The van der Waals surface area contributed by atoms with Crippen molar-refractivity contribution in [2.45, 2.75) is 25.7 Å². The Balaban J connectivity index is 0.837. The molecule has 9 rings (SSSR count). The third-order valence-corrected chi connectivity index (χ3v) is 11.9. The summed E-state index contributed by atoms with van der Waals surface area (Å²) in [7, 11) is 0. The van der Waals surface area contributed by atoms with Crippen molar-refractivity contribution in [2.24, 2.45) is 0 Å². The summed E-state index contributed by atoms with van der Waals surface area (Å²) in [5.41, 5.74) is 10.2. The number of hydrogen-bond acceptors (Lipinski definition) is 10. The van der Waals surface area contributed by atoms with E-state index in [9.17, 15) is 0 Å². The van der Waals surface area contributed by atoms with E-state index in [0.717, 1.165) is 81.4 Å². The molecule has 1 aliphatic heterocycles. The van der Waals surface area contributed by atoms with Gasteiger partial charge in [-0.1, -0.05) is 72.8 Å². The number of benzene rings is 6. The molecule has 0 N–H and O–H groups in total. The summed E-state index contributed by atoms with van der Waals surface area (Å²) >= 11 is 0. The predicted octanol–water partition coefficient (Wildman–Crippen LogP) is 9.79. The second kappa shape index (κ2) is 22.4. The molecule has 3 aliphatic rings. The summed E-state index contributed by atoms with van der Waals surface area (Å²) in [6, 6.07) is 38.0. The number of aryl methyl sites for hydroxylation is 2. The van der Waals surface area contributed by atoms with Crippen molar-refractivity contribution in [3.8, 4) is 34.1 Å². The van der Waals surface area contributed by atoms with Crippen molar-refractivity contribution in [2.75, 3.05) is 106 Å². The van der Waals surface area contributed by atoms with E-state index in [-0.39, 0.29) is 0 Å². The van der Waals surface area contributed by atoms with Crippen LogP contribution in [0.1, 0.15) is 35.1 Å². The maximum absolute atomic E-state index is 6.49. The first-order valence-corrected chi connectivity index (χ1v) is 22.8. The minimum Gasteiger partial charge on any atom is -0.491 e. The molecule has 0 saturated heterocycles. The standard InChI is InChI=1S/C54H58O10/c1-3-7-45-39(5-1)13-19-51-53(45)54-46-8-4-2-6-40(46)14-20-52(54)64-36-32-60-28-24-56-22-26-58-30-34-62-44-16-10-42-12-18-48(50(42)38-44)47-17-11-41-9-15-43(37-49(41)47)61-33-29-57-25-21-55-23-27-59-31-35-63-51/h1-10,13-16,19-20,37-38H,11-12,17-18,21-36H2/b48-47-. The van der Waals surface area contributed by atoms with Gasteiger partial charge in [-0.3, -0.25) is 0 Å². The highest BCUT2D eigenvalue weighted by Crippen LogP contribution is 2.47. The fraction of sp³-hybridized carbons (Fsp3) is 0.370. The van der Waals surface area contributed by atoms with Gasteiger partial charge in [-0.15, -0.1) is 0 Å². The molecule has 10 nitrogen and oxygen atoms in total. The Hall–Kier alpha value is -5.46. The summed E-state index contributed by atoms with van der Waals surface area (Å²) in [6.45, 7) is 7.27. The van der Waals surface area contributed by atoms with Crippen molar-refractivity contribution in [3.05, 3.63) is 131 Å². The molecular weight excluding hydrogens is 809 g/mol. The SMILES string of the molecule is c1ccc2c3c(ccc2c1)OCCOCCOCCOCCOc1ccc2c(c1)/C(=C1/CCc4ccc(cc41)OCCOCCOCCOCCOc1ccc4ccccc4c1-3)CC2. The van der Waals surface area contributed by atoms with E-state index in [1.54, 1.807) is 0 Å². The molecule has 0 radical (unpaired) electrons. The molecule has 334 valence electrons.